The van der Waals surface area contributed by atoms with Gasteiger partial charge in [-0.15, -0.1) is 0 Å². The Bertz CT molecular complexity index is 241. The van der Waals surface area contributed by atoms with Crippen LogP contribution in [0.4, 0.5) is 0 Å². The Morgan fingerprint density at radius 1 is 1.00 bits per heavy atom. The second-order valence-electron chi connectivity index (χ2n) is 4.85. The minimum absolute atomic E-state index is 0.157. The Morgan fingerprint density at radius 2 is 1.50 bits per heavy atom. The van der Waals surface area contributed by atoms with Gasteiger partial charge in [0.25, 0.3) is 0 Å². The van der Waals surface area contributed by atoms with Crippen molar-refractivity contribution in [2.75, 3.05) is 0 Å². The van der Waals surface area contributed by atoms with Crippen LogP contribution in [0, 0.1) is 0 Å². The fraction of sp³-hybridized carbons (Fsp3) is 0.857. The second-order valence-corrected chi connectivity index (χ2v) is 4.85. The molecule has 0 saturated heterocycles. The van der Waals surface area contributed by atoms with E-state index < -0.39 is 12.0 Å². The first-order chi connectivity index (χ1) is 8.57. The molecule has 0 aromatic heterocycles. The maximum Gasteiger partial charge on any atom is 0.325 e. The van der Waals surface area contributed by atoms with E-state index in [-0.39, 0.29) is 5.91 Å². The Kier molecular flexibility index (Phi) is 10.4. The lowest BCUT2D eigenvalue weighted by Crippen LogP contribution is -2.38. The van der Waals surface area contributed by atoms with Gasteiger partial charge in [-0.25, -0.2) is 0 Å². The summed E-state index contributed by atoms with van der Waals surface area (Å²) in [6, 6.07) is -0.786. The van der Waals surface area contributed by atoms with E-state index in [4.69, 9.17) is 5.11 Å². The van der Waals surface area contributed by atoms with Gasteiger partial charge in [0.15, 0.2) is 0 Å². The highest BCUT2D eigenvalue weighted by molar-refractivity contribution is 5.83. The van der Waals surface area contributed by atoms with Gasteiger partial charge in [0.1, 0.15) is 6.04 Å². The van der Waals surface area contributed by atoms with Gasteiger partial charge in [0, 0.05) is 6.42 Å². The fourth-order valence-electron chi connectivity index (χ4n) is 1.79. The van der Waals surface area contributed by atoms with Crippen LogP contribution < -0.4 is 5.32 Å². The Hall–Kier alpha value is -1.06. The molecule has 0 fully saturated rings. The van der Waals surface area contributed by atoms with Gasteiger partial charge in [0.05, 0.1) is 0 Å². The molecular weight excluding hydrogens is 230 g/mol. The lowest BCUT2D eigenvalue weighted by Gasteiger charge is -2.08. The SMILES string of the molecule is CCCCCCCCCCC(=O)N[C@@H](C)C(=O)O. The third kappa shape index (κ3) is 10.1. The van der Waals surface area contributed by atoms with Crippen LogP contribution in [-0.2, 0) is 9.59 Å². The number of unbranched alkanes of at least 4 members (excludes halogenated alkanes) is 7. The molecule has 0 aliphatic heterocycles. The normalized spacial score (nSPS) is 12.1. The molecule has 0 bridgehead atoms. The van der Waals surface area contributed by atoms with E-state index in [0.717, 1.165) is 12.8 Å². The smallest absolute Gasteiger partial charge is 0.325 e. The molecule has 0 aromatic rings. The molecule has 4 heteroatoms. The van der Waals surface area contributed by atoms with Gasteiger partial charge in [-0.1, -0.05) is 51.9 Å². The van der Waals surface area contributed by atoms with Crippen molar-refractivity contribution >= 4 is 11.9 Å². The zero-order valence-corrected chi connectivity index (χ0v) is 11.7. The van der Waals surface area contributed by atoms with E-state index in [9.17, 15) is 9.59 Å². The highest BCUT2D eigenvalue weighted by atomic mass is 16.4. The summed E-state index contributed by atoms with van der Waals surface area (Å²) < 4.78 is 0. The van der Waals surface area contributed by atoms with E-state index in [1.165, 1.54) is 45.4 Å². The van der Waals surface area contributed by atoms with Gasteiger partial charge < -0.3 is 10.4 Å². The third-order valence-corrected chi connectivity index (χ3v) is 3.01. The average Bonchev–Trinajstić information content (AvgIpc) is 2.32. The van der Waals surface area contributed by atoms with Crippen molar-refractivity contribution in [2.45, 2.75) is 77.7 Å². The van der Waals surface area contributed by atoms with Crippen LogP contribution >= 0.6 is 0 Å². The predicted octanol–water partition coefficient (Wildman–Crippen LogP) is 3.11. The molecule has 0 spiro atoms. The van der Waals surface area contributed by atoms with Gasteiger partial charge in [0.2, 0.25) is 5.91 Å². The predicted molar refractivity (Wildman–Crippen MR) is 72.5 cm³/mol. The molecular formula is C14H27NO3. The summed E-state index contributed by atoms with van der Waals surface area (Å²) in [5.41, 5.74) is 0. The lowest BCUT2D eigenvalue weighted by atomic mass is 10.1. The molecule has 0 aliphatic carbocycles. The van der Waals surface area contributed by atoms with Crippen molar-refractivity contribution in [1.82, 2.24) is 5.32 Å². The maximum atomic E-state index is 11.4. The molecule has 0 aliphatic rings. The van der Waals surface area contributed by atoms with Crippen LogP contribution in [-0.4, -0.2) is 23.0 Å². The summed E-state index contributed by atoms with van der Waals surface area (Å²) in [7, 11) is 0. The summed E-state index contributed by atoms with van der Waals surface area (Å²) >= 11 is 0. The first-order valence-electron chi connectivity index (χ1n) is 7.10. The van der Waals surface area contributed by atoms with Crippen molar-refractivity contribution in [3.63, 3.8) is 0 Å². The number of aliphatic carboxylic acids is 1. The van der Waals surface area contributed by atoms with Crippen LogP contribution in [0.15, 0.2) is 0 Å². The fourth-order valence-corrected chi connectivity index (χ4v) is 1.79. The van der Waals surface area contributed by atoms with Crippen molar-refractivity contribution in [3.8, 4) is 0 Å². The Labute approximate surface area is 110 Å². The third-order valence-electron chi connectivity index (χ3n) is 3.01. The molecule has 0 heterocycles. The summed E-state index contributed by atoms with van der Waals surface area (Å²) in [5.74, 6) is -1.14. The van der Waals surface area contributed by atoms with Gasteiger partial charge in [-0.3, -0.25) is 9.59 Å². The minimum atomic E-state index is -0.987. The van der Waals surface area contributed by atoms with E-state index in [0.29, 0.717) is 6.42 Å². The summed E-state index contributed by atoms with van der Waals surface area (Å²) in [6.45, 7) is 3.69. The van der Waals surface area contributed by atoms with Crippen molar-refractivity contribution < 1.29 is 14.7 Å². The van der Waals surface area contributed by atoms with Gasteiger partial charge >= 0.3 is 5.97 Å². The highest BCUT2D eigenvalue weighted by Crippen LogP contribution is 2.09. The zero-order chi connectivity index (χ0) is 13.8. The average molecular weight is 257 g/mol. The van der Waals surface area contributed by atoms with Gasteiger partial charge in [-0.05, 0) is 13.3 Å². The quantitative estimate of drug-likeness (QED) is 0.559. The molecule has 18 heavy (non-hydrogen) atoms. The molecule has 106 valence electrons. The molecule has 2 N–H and O–H groups in total. The highest BCUT2D eigenvalue weighted by Gasteiger charge is 2.12. The first-order valence-corrected chi connectivity index (χ1v) is 7.10. The molecule has 0 aromatic carbocycles. The molecule has 0 rings (SSSR count). The topological polar surface area (TPSA) is 66.4 Å². The Morgan fingerprint density at radius 3 is 2.00 bits per heavy atom. The zero-order valence-electron chi connectivity index (χ0n) is 11.7. The summed E-state index contributed by atoms with van der Waals surface area (Å²) in [6.07, 6.45) is 9.94. The number of hydrogen-bond donors (Lipinski definition) is 2. The van der Waals surface area contributed by atoms with Crippen LogP contribution in [0.2, 0.25) is 0 Å². The van der Waals surface area contributed by atoms with Gasteiger partial charge in [-0.2, -0.15) is 0 Å². The van der Waals surface area contributed by atoms with Crippen molar-refractivity contribution in [1.29, 1.82) is 0 Å². The largest absolute Gasteiger partial charge is 0.480 e. The number of carboxylic acid groups (broad SMARTS) is 1. The van der Waals surface area contributed by atoms with E-state index in [1.54, 1.807) is 0 Å². The molecule has 0 radical (unpaired) electrons. The maximum absolute atomic E-state index is 11.4. The Balaban J connectivity index is 3.33. The van der Waals surface area contributed by atoms with Crippen molar-refractivity contribution in [3.05, 3.63) is 0 Å². The number of carbonyl (C=O) groups is 2. The first kappa shape index (κ1) is 16.9. The number of nitrogens with one attached hydrogen (secondary N) is 1. The van der Waals surface area contributed by atoms with Crippen LogP contribution in [0.5, 0.6) is 0 Å². The van der Waals surface area contributed by atoms with E-state index >= 15 is 0 Å². The summed E-state index contributed by atoms with van der Waals surface area (Å²) in [4.78, 5) is 21.9. The number of amides is 1. The summed E-state index contributed by atoms with van der Waals surface area (Å²) in [5, 5.41) is 11.1. The molecule has 1 amide bonds. The minimum Gasteiger partial charge on any atom is -0.480 e. The second kappa shape index (κ2) is 11.1. The van der Waals surface area contributed by atoms with Crippen LogP contribution in [0.1, 0.15) is 71.6 Å². The number of hydrogen-bond acceptors (Lipinski definition) is 2. The van der Waals surface area contributed by atoms with Crippen molar-refractivity contribution in [2.24, 2.45) is 0 Å². The monoisotopic (exact) mass is 257 g/mol. The van der Waals surface area contributed by atoms with Crippen LogP contribution in [0.3, 0.4) is 0 Å². The molecule has 1 atom stereocenters. The number of rotatable bonds is 11. The molecule has 0 saturated carbocycles. The van der Waals surface area contributed by atoms with E-state index in [1.807, 2.05) is 0 Å². The standard InChI is InChI=1S/C14H27NO3/c1-3-4-5-6-7-8-9-10-11-13(16)15-12(2)14(17)18/h12H,3-11H2,1-2H3,(H,15,16)(H,17,18)/t12-/m0/s1. The lowest BCUT2D eigenvalue weighted by molar-refractivity contribution is -0.141. The number of carbonyl (C=O) groups excluding carboxylic acids is 1. The molecule has 4 nitrogen and oxygen atoms in total. The van der Waals surface area contributed by atoms with Crippen LogP contribution in [0.25, 0.3) is 0 Å². The molecule has 0 unspecified atom stereocenters. The van der Waals surface area contributed by atoms with E-state index in [2.05, 4.69) is 12.2 Å². The number of carboxylic acids is 1.